The molecular formula is C38H66O3S2Si2. The molecule has 0 aliphatic heterocycles. The van der Waals surface area contributed by atoms with Crippen LogP contribution in [-0.2, 0) is 25.1 Å². The summed E-state index contributed by atoms with van der Waals surface area (Å²) in [6.45, 7) is 25.7. The first-order valence-electron chi connectivity index (χ1n) is 17.7. The van der Waals surface area contributed by atoms with E-state index in [1.807, 2.05) is 11.8 Å². The first-order valence-corrected chi connectivity index (χ1v) is 25.4. The van der Waals surface area contributed by atoms with Crippen LogP contribution in [0.5, 0.6) is 0 Å². The van der Waals surface area contributed by atoms with E-state index in [0.717, 1.165) is 63.5 Å². The van der Waals surface area contributed by atoms with E-state index in [1.165, 1.54) is 11.1 Å². The van der Waals surface area contributed by atoms with Gasteiger partial charge in [-0.05, 0) is 101 Å². The highest BCUT2D eigenvalue weighted by Crippen LogP contribution is 2.53. The average molecular weight is 691 g/mol. The van der Waals surface area contributed by atoms with Gasteiger partial charge in [-0.2, -0.15) is 0 Å². The van der Waals surface area contributed by atoms with Gasteiger partial charge in [0.25, 0.3) is 0 Å². The van der Waals surface area contributed by atoms with Crippen LogP contribution in [0.4, 0.5) is 0 Å². The summed E-state index contributed by atoms with van der Waals surface area (Å²) in [4.78, 5) is -0.201. The minimum atomic E-state index is -2.84. The van der Waals surface area contributed by atoms with Gasteiger partial charge >= 0.3 is 0 Å². The number of rotatable bonds is 22. The molecule has 2 aromatic rings. The van der Waals surface area contributed by atoms with Crippen molar-refractivity contribution >= 4 is 40.4 Å². The summed E-state index contributed by atoms with van der Waals surface area (Å²) in [5.74, 6) is 0. The molecule has 0 radical (unpaired) electrons. The highest BCUT2D eigenvalue weighted by Gasteiger charge is 2.61. The fourth-order valence-corrected chi connectivity index (χ4v) is 18.4. The van der Waals surface area contributed by atoms with E-state index in [0.29, 0.717) is 0 Å². The average Bonchev–Trinajstić information content (AvgIpc) is 3.04. The highest BCUT2D eigenvalue weighted by atomic mass is 32.2. The number of hydrogen-bond donors (Lipinski definition) is 0. The van der Waals surface area contributed by atoms with Crippen LogP contribution in [-0.4, -0.2) is 43.4 Å². The van der Waals surface area contributed by atoms with Crippen LogP contribution in [0.15, 0.2) is 60.7 Å². The van der Waals surface area contributed by atoms with E-state index >= 15 is 0 Å². The lowest BCUT2D eigenvalue weighted by atomic mass is 9.80. The molecule has 0 aromatic heterocycles. The Labute approximate surface area is 289 Å². The van der Waals surface area contributed by atoms with Crippen LogP contribution in [0.25, 0.3) is 0 Å². The molecule has 1 atom stereocenters. The fourth-order valence-electron chi connectivity index (χ4n) is 7.42. The van der Waals surface area contributed by atoms with Gasteiger partial charge in [0.1, 0.15) is 4.93 Å². The van der Waals surface area contributed by atoms with Gasteiger partial charge < -0.3 is 8.85 Å². The number of benzene rings is 2. The summed E-state index contributed by atoms with van der Waals surface area (Å²) in [7, 11) is -4.81. The van der Waals surface area contributed by atoms with E-state index in [4.69, 9.17) is 13.0 Å². The van der Waals surface area contributed by atoms with Crippen molar-refractivity contribution in [2.75, 3.05) is 6.26 Å². The summed E-state index contributed by atoms with van der Waals surface area (Å²) < 4.78 is 22.6. The predicted molar refractivity (Wildman–Crippen MR) is 207 cm³/mol. The highest BCUT2D eigenvalue weighted by molar-refractivity contribution is 8.01. The van der Waals surface area contributed by atoms with Gasteiger partial charge in [0.2, 0.25) is 8.32 Å². The van der Waals surface area contributed by atoms with Crippen molar-refractivity contribution in [3.8, 4) is 0 Å². The topological polar surface area (TPSA) is 27.7 Å². The summed E-state index contributed by atoms with van der Waals surface area (Å²) in [6.07, 6.45) is 9.99. The summed E-state index contributed by atoms with van der Waals surface area (Å²) >= 11 is 3.57. The maximum atomic E-state index is 8.34. The Kier molecular flexibility index (Phi) is 16.0. The maximum absolute atomic E-state index is 8.34. The van der Waals surface area contributed by atoms with Crippen molar-refractivity contribution in [3.63, 3.8) is 0 Å². The van der Waals surface area contributed by atoms with Crippen molar-refractivity contribution in [1.82, 2.24) is 0 Å². The second kappa shape index (κ2) is 17.7. The monoisotopic (exact) mass is 690 g/mol. The van der Waals surface area contributed by atoms with Gasteiger partial charge in [-0.1, -0.05) is 116 Å². The zero-order valence-electron chi connectivity index (χ0n) is 30.9. The Hall–Kier alpha value is -0.546. The Bertz CT molecular complexity index is 1050. The third kappa shape index (κ3) is 9.76. The Morgan fingerprint density at radius 1 is 0.644 bits per heavy atom. The minimum Gasteiger partial charge on any atom is -0.412 e. The summed E-state index contributed by atoms with van der Waals surface area (Å²) in [6, 6.07) is 24.1. The Morgan fingerprint density at radius 3 is 1.44 bits per heavy atom. The molecule has 2 aromatic carbocycles. The van der Waals surface area contributed by atoms with Crippen molar-refractivity contribution in [1.29, 1.82) is 0 Å². The molecule has 0 amide bonds. The van der Waals surface area contributed by atoms with Crippen LogP contribution >= 0.6 is 23.8 Å². The van der Waals surface area contributed by atoms with Gasteiger partial charge in [0, 0.05) is 12.0 Å². The van der Waals surface area contributed by atoms with Gasteiger partial charge in [-0.25, -0.2) is 0 Å². The quantitative estimate of drug-likeness (QED) is 0.0696. The lowest BCUT2D eigenvalue weighted by molar-refractivity contribution is -0.0218. The van der Waals surface area contributed by atoms with Crippen LogP contribution in [0.1, 0.15) is 118 Å². The molecule has 45 heavy (non-hydrogen) atoms. The van der Waals surface area contributed by atoms with Crippen LogP contribution in [0.3, 0.4) is 0 Å². The predicted octanol–water partition coefficient (Wildman–Crippen LogP) is 12.1. The third-order valence-corrected chi connectivity index (χ3v) is 19.5. The molecule has 0 saturated heterocycles. The molecule has 7 heteroatoms. The molecule has 3 nitrogen and oxygen atoms in total. The van der Waals surface area contributed by atoms with Gasteiger partial charge in [-0.15, -0.1) is 11.8 Å². The SMILES string of the molecule is CCCC(C)(SOC(CC)(CC)SC)C(CC)(CC)O[Si](Cc1ccccc1)(Cc1ccccc1)C(CC)(CC)O[Si](C)(C)C. The van der Waals surface area contributed by atoms with Crippen molar-refractivity contribution in [2.45, 2.75) is 159 Å². The fraction of sp³-hybridized carbons (Fsp3) is 0.684. The number of hydrogen-bond acceptors (Lipinski definition) is 5. The van der Waals surface area contributed by atoms with Gasteiger partial charge in [-0.3, -0.25) is 4.18 Å². The molecule has 0 heterocycles. The molecule has 0 aliphatic rings. The molecule has 0 N–H and O–H groups in total. The first kappa shape index (κ1) is 40.6. The molecular weight excluding hydrogens is 625 g/mol. The summed E-state index contributed by atoms with van der Waals surface area (Å²) in [5.41, 5.74) is 2.31. The second-order valence-corrected chi connectivity index (χ2v) is 24.6. The van der Waals surface area contributed by atoms with Crippen LogP contribution in [0.2, 0.25) is 19.6 Å². The van der Waals surface area contributed by atoms with Crippen molar-refractivity contribution in [2.24, 2.45) is 0 Å². The smallest absolute Gasteiger partial charge is 0.232 e. The normalized spacial score (nSPS) is 14.8. The van der Waals surface area contributed by atoms with E-state index in [2.05, 4.69) is 142 Å². The zero-order chi connectivity index (χ0) is 33.8. The Morgan fingerprint density at radius 2 is 1.11 bits per heavy atom. The van der Waals surface area contributed by atoms with Crippen molar-refractivity contribution < 1.29 is 13.0 Å². The molecule has 2 rings (SSSR count). The standard InChI is InChI=1S/C38H66O3S2Si2/c1-13-30-35(8,43-39-37(16-4,17-5)42-9)36(14-2,15-3)40-45(31-33-26-22-20-23-27-33,32-34-28-24-21-25-29-34)38(18-6,19-7)41-44(10,11)12/h20-29H,13-19,30-32H2,1-12H3. The molecule has 256 valence electrons. The third-order valence-electron chi connectivity index (χ3n) is 10.2. The van der Waals surface area contributed by atoms with Gasteiger partial charge in [0.15, 0.2) is 8.32 Å². The molecule has 1 unspecified atom stereocenters. The van der Waals surface area contributed by atoms with Crippen LogP contribution < -0.4 is 0 Å². The van der Waals surface area contributed by atoms with Crippen molar-refractivity contribution in [3.05, 3.63) is 71.8 Å². The molecule has 0 fully saturated rings. The lowest BCUT2D eigenvalue weighted by Gasteiger charge is -2.58. The minimum absolute atomic E-state index is 0.201. The molecule has 0 spiro atoms. The lowest BCUT2D eigenvalue weighted by Crippen LogP contribution is -2.72. The first-order chi connectivity index (χ1) is 21.3. The second-order valence-electron chi connectivity index (χ2n) is 14.0. The largest absolute Gasteiger partial charge is 0.412 e. The number of thioether (sulfide) groups is 1. The summed E-state index contributed by atoms with van der Waals surface area (Å²) in [5, 5.41) is -0.340. The molecule has 0 bridgehead atoms. The van der Waals surface area contributed by atoms with Gasteiger partial charge in [0.05, 0.1) is 15.6 Å². The van der Waals surface area contributed by atoms with E-state index in [9.17, 15) is 0 Å². The van der Waals surface area contributed by atoms with Crippen LogP contribution in [0, 0.1) is 0 Å². The zero-order valence-corrected chi connectivity index (χ0v) is 34.5. The van der Waals surface area contributed by atoms with E-state index < -0.39 is 22.2 Å². The maximum Gasteiger partial charge on any atom is 0.232 e. The van der Waals surface area contributed by atoms with E-state index in [-0.39, 0.29) is 14.9 Å². The molecule has 0 aliphatic carbocycles. The molecule has 0 saturated carbocycles. The van der Waals surface area contributed by atoms with E-state index in [1.54, 1.807) is 12.0 Å². The Balaban J connectivity index is 2.95.